The van der Waals surface area contributed by atoms with Gasteiger partial charge in [0.15, 0.2) is 0 Å². The molecule has 0 bridgehead atoms. The number of aromatic nitrogens is 1. The van der Waals surface area contributed by atoms with Crippen molar-refractivity contribution < 1.29 is 4.79 Å². The third kappa shape index (κ3) is 2.91. The topological polar surface area (TPSA) is 48.1 Å². The minimum Gasteiger partial charge on any atom is -0.378 e. The van der Waals surface area contributed by atoms with Gasteiger partial charge < -0.3 is 15.2 Å². The lowest BCUT2D eigenvalue weighted by Gasteiger charge is -2.12. The average molecular weight is 243 g/mol. The molecule has 2 N–H and O–H groups in total. The number of nitrogens with one attached hydrogen (secondary N) is 2. The van der Waals surface area contributed by atoms with Crippen LogP contribution in [0.25, 0.3) is 0 Å². The Morgan fingerprint density at radius 3 is 2.50 bits per heavy atom. The second kappa shape index (κ2) is 5.40. The predicted octanol–water partition coefficient (Wildman–Crippen LogP) is 2.01. The van der Waals surface area contributed by atoms with Crippen LogP contribution in [0.4, 0.5) is 5.69 Å². The molecule has 0 spiro atoms. The molecule has 0 unspecified atom stereocenters. The molecule has 0 fully saturated rings. The number of aromatic amines is 1. The summed E-state index contributed by atoms with van der Waals surface area (Å²) in [5.74, 6) is -0.0603. The first kappa shape index (κ1) is 12.2. The fourth-order valence-electron chi connectivity index (χ4n) is 1.67. The van der Waals surface area contributed by atoms with E-state index < -0.39 is 0 Å². The van der Waals surface area contributed by atoms with Gasteiger partial charge in [-0.3, -0.25) is 4.79 Å². The lowest BCUT2D eigenvalue weighted by atomic mass is 10.2. The van der Waals surface area contributed by atoms with Gasteiger partial charge in [0.1, 0.15) is 0 Å². The van der Waals surface area contributed by atoms with E-state index >= 15 is 0 Å². The zero-order chi connectivity index (χ0) is 13.0. The average Bonchev–Trinajstić information content (AvgIpc) is 2.89. The van der Waals surface area contributed by atoms with Crippen molar-refractivity contribution in [2.24, 2.45) is 0 Å². The molecule has 4 heteroatoms. The zero-order valence-electron chi connectivity index (χ0n) is 10.6. The molecule has 1 aromatic carbocycles. The Hall–Kier alpha value is -2.23. The van der Waals surface area contributed by atoms with Crippen LogP contribution in [0.2, 0.25) is 0 Å². The summed E-state index contributed by atoms with van der Waals surface area (Å²) in [6, 6.07) is 11.4. The Bertz CT molecular complexity index is 500. The molecular weight excluding hydrogens is 226 g/mol. The van der Waals surface area contributed by atoms with Crippen molar-refractivity contribution >= 4 is 11.6 Å². The van der Waals surface area contributed by atoms with Gasteiger partial charge in [0.05, 0.1) is 6.54 Å². The van der Waals surface area contributed by atoms with Crippen LogP contribution >= 0.6 is 0 Å². The first-order valence-corrected chi connectivity index (χ1v) is 5.84. The fourth-order valence-corrected chi connectivity index (χ4v) is 1.67. The largest absolute Gasteiger partial charge is 0.378 e. The Balaban J connectivity index is 1.96. The quantitative estimate of drug-likeness (QED) is 0.863. The van der Waals surface area contributed by atoms with Crippen LogP contribution in [0.15, 0.2) is 42.6 Å². The minimum atomic E-state index is -0.0603. The first-order valence-electron chi connectivity index (χ1n) is 5.84. The van der Waals surface area contributed by atoms with Crippen molar-refractivity contribution in [2.45, 2.75) is 6.54 Å². The highest BCUT2D eigenvalue weighted by molar-refractivity contribution is 5.94. The van der Waals surface area contributed by atoms with Crippen LogP contribution < -0.4 is 10.2 Å². The number of hydrogen-bond acceptors (Lipinski definition) is 2. The SMILES string of the molecule is CN(C)c1ccc(C(=O)NCc2ccc[nH]2)cc1. The Labute approximate surface area is 107 Å². The van der Waals surface area contributed by atoms with E-state index in [1.807, 2.05) is 61.6 Å². The molecule has 94 valence electrons. The van der Waals surface area contributed by atoms with Crippen molar-refractivity contribution in [3.63, 3.8) is 0 Å². The number of hydrogen-bond donors (Lipinski definition) is 2. The van der Waals surface area contributed by atoms with Crippen LogP contribution in [0, 0.1) is 0 Å². The van der Waals surface area contributed by atoms with Crippen LogP contribution in [-0.2, 0) is 6.54 Å². The molecule has 18 heavy (non-hydrogen) atoms. The molecule has 0 aliphatic heterocycles. The summed E-state index contributed by atoms with van der Waals surface area (Å²) < 4.78 is 0. The molecule has 1 heterocycles. The number of nitrogens with zero attached hydrogens (tertiary/aromatic N) is 1. The van der Waals surface area contributed by atoms with Crippen molar-refractivity contribution in [1.29, 1.82) is 0 Å². The molecule has 0 atom stereocenters. The standard InChI is InChI=1S/C14H17N3O/c1-17(2)13-7-5-11(6-8-13)14(18)16-10-12-4-3-9-15-12/h3-9,15H,10H2,1-2H3,(H,16,18). The fraction of sp³-hybridized carbons (Fsp3) is 0.214. The Kier molecular flexibility index (Phi) is 3.67. The highest BCUT2D eigenvalue weighted by Gasteiger charge is 2.05. The molecule has 0 saturated heterocycles. The predicted molar refractivity (Wildman–Crippen MR) is 72.7 cm³/mol. The lowest BCUT2D eigenvalue weighted by Crippen LogP contribution is -2.23. The first-order chi connectivity index (χ1) is 8.66. The van der Waals surface area contributed by atoms with E-state index in [9.17, 15) is 4.79 Å². The number of carbonyl (C=O) groups is 1. The molecule has 2 rings (SSSR count). The van der Waals surface area contributed by atoms with E-state index in [0.717, 1.165) is 11.4 Å². The molecule has 2 aromatic rings. The second-order valence-corrected chi connectivity index (χ2v) is 4.32. The van der Waals surface area contributed by atoms with Crippen molar-refractivity contribution in [3.05, 3.63) is 53.9 Å². The zero-order valence-corrected chi connectivity index (χ0v) is 10.6. The molecular formula is C14H17N3O. The highest BCUT2D eigenvalue weighted by atomic mass is 16.1. The van der Waals surface area contributed by atoms with E-state index in [4.69, 9.17) is 0 Å². The maximum Gasteiger partial charge on any atom is 0.251 e. The van der Waals surface area contributed by atoms with Crippen molar-refractivity contribution in [2.75, 3.05) is 19.0 Å². The van der Waals surface area contributed by atoms with Crippen molar-refractivity contribution in [1.82, 2.24) is 10.3 Å². The normalized spacial score (nSPS) is 10.1. The van der Waals surface area contributed by atoms with Gasteiger partial charge in [0.25, 0.3) is 5.91 Å². The molecule has 0 radical (unpaired) electrons. The summed E-state index contributed by atoms with van der Waals surface area (Å²) in [6.45, 7) is 0.515. The van der Waals surface area contributed by atoms with Gasteiger partial charge in [0, 0.05) is 37.2 Å². The summed E-state index contributed by atoms with van der Waals surface area (Å²) in [6.07, 6.45) is 1.84. The van der Waals surface area contributed by atoms with Crippen LogP contribution in [0.1, 0.15) is 16.1 Å². The number of H-pyrrole nitrogens is 1. The molecule has 0 saturated carbocycles. The van der Waals surface area contributed by atoms with Gasteiger partial charge in [-0.15, -0.1) is 0 Å². The smallest absolute Gasteiger partial charge is 0.251 e. The van der Waals surface area contributed by atoms with Gasteiger partial charge in [-0.1, -0.05) is 0 Å². The van der Waals surface area contributed by atoms with E-state index in [2.05, 4.69) is 10.3 Å². The van der Waals surface area contributed by atoms with Gasteiger partial charge in [-0.25, -0.2) is 0 Å². The highest BCUT2D eigenvalue weighted by Crippen LogP contribution is 2.12. The summed E-state index contributed by atoms with van der Waals surface area (Å²) in [4.78, 5) is 16.9. The number of anilines is 1. The number of benzene rings is 1. The molecule has 4 nitrogen and oxygen atoms in total. The van der Waals surface area contributed by atoms with E-state index in [0.29, 0.717) is 12.1 Å². The monoisotopic (exact) mass is 243 g/mol. The molecule has 0 aliphatic carbocycles. The van der Waals surface area contributed by atoms with Gasteiger partial charge in [-0.2, -0.15) is 0 Å². The minimum absolute atomic E-state index is 0.0603. The maximum atomic E-state index is 11.9. The molecule has 1 amide bonds. The molecule has 1 aromatic heterocycles. The third-order valence-corrected chi connectivity index (χ3v) is 2.75. The summed E-state index contributed by atoms with van der Waals surface area (Å²) in [5.41, 5.74) is 2.75. The Morgan fingerprint density at radius 1 is 1.22 bits per heavy atom. The number of rotatable bonds is 4. The summed E-state index contributed by atoms with van der Waals surface area (Å²) in [7, 11) is 3.95. The van der Waals surface area contributed by atoms with Gasteiger partial charge in [0.2, 0.25) is 0 Å². The van der Waals surface area contributed by atoms with E-state index in [1.165, 1.54) is 0 Å². The number of amides is 1. The Morgan fingerprint density at radius 2 is 1.94 bits per heavy atom. The van der Waals surface area contributed by atoms with E-state index in [1.54, 1.807) is 0 Å². The van der Waals surface area contributed by atoms with Crippen molar-refractivity contribution in [3.8, 4) is 0 Å². The maximum absolute atomic E-state index is 11.9. The molecule has 0 aliphatic rings. The van der Waals surface area contributed by atoms with Gasteiger partial charge in [-0.05, 0) is 36.4 Å². The summed E-state index contributed by atoms with van der Waals surface area (Å²) in [5, 5.41) is 2.87. The third-order valence-electron chi connectivity index (χ3n) is 2.75. The van der Waals surface area contributed by atoms with Crippen LogP contribution in [0.5, 0.6) is 0 Å². The number of carbonyl (C=O) groups excluding carboxylic acids is 1. The van der Waals surface area contributed by atoms with E-state index in [-0.39, 0.29) is 5.91 Å². The lowest BCUT2D eigenvalue weighted by molar-refractivity contribution is 0.0950. The van der Waals surface area contributed by atoms with Crippen LogP contribution in [-0.4, -0.2) is 25.0 Å². The summed E-state index contributed by atoms with van der Waals surface area (Å²) >= 11 is 0. The van der Waals surface area contributed by atoms with Crippen LogP contribution in [0.3, 0.4) is 0 Å². The van der Waals surface area contributed by atoms with Gasteiger partial charge >= 0.3 is 0 Å². The second-order valence-electron chi connectivity index (χ2n) is 4.32.